The molecule has 1 unspecified atom stereocenters. The third kappa shape index (κ3) is 12.8. The highest BCUT2D eigenvalue weighted by atomic mass is 28.3. The molecule has 4 aromatic rings. The van der Waals surface area contributed by atoms with E-state index in [1.165, 1.54) is 94.3 Å². The van der Waals surface area contributed by atoms with E-state index in [1.54, 1.807) is 0 Å². The van der Waals surface area contributed by atoms with Crippen LogP contribution < -0.4 is 15.4 Å². The van der Waals surface area contributed by atoms with Crippen LogP contribution in [0.5, 0.6) is 5.75 Å². The molecule has 0 aliphatic carbocycles. The molecular weight excluding hydrogens is 836 g/mol. The highest BCUT2D eigenvalue weighted by Gasteiger charge is 2.53. The fourth-order valence-corrected chi connectivity index (χ4v) is 11.9. The second kappa shape index (κ2) is 19.9. The quantitative estimate of drug-likeness (QED) is 0.0933. The summed E-state index contributed by atoms with van der Waals surface area (Å²) in [6.45, 7) is 44.8. The van der Waals surface area contributed by atoms with Crippen LogP contribution in [0, 0.1) is 0 Å². The normalized spacial score (nSPS) is 18.1. The molecule has 1 atom stereocenters. The van der Waals surface area contributed by atoms with Gasteiger partial charge < -0.3 is 18.8 Å². The molecule has 67 heavy (non-hydrogen) atoms. The molecule has 0 saturated carbocycles. The third-order valence-electron chi connectivity index (χ3n) is 15.2. The van der Waals surface area contributed by atoms with Crippen LogP contribution in [0.1, 0.15) is 198 Å². The first-order valence-corrected chi connectivity index (χ1v) is 29.4. The molecule has 2 aliphatic rings. The number of benzene rings is 4. The lowest BCUT2D eigenvalue weighted by molar-refractivity contribution is -0.105. The molecule has 2 saturated heterocycles. The van der Waals surface area contributed by atoms with Crippen molar-refractivity contribution in [2.75, 3.05) is 6.61 Å². The molecule has 366 valence electrons. The van der Waals surface area contributed by atoms with E-state index < -0.39 is 26.4 Å². The zero-order valence-corrected chi connectivity index (χ0v) is 46.9. The van der Waals surface area contributed by atoms with Crippen molar-refractivity contribution in [3.63, 3.8) is 0 Å². The first-order chi connectivity index (χ1) is 30.9. The zero-order valence-electron chi connectivity index (χ0n) is 45.9. The summed E-state index contributed by atoms with van der Waals surface area (Å²) in [5, 5.41) is 1.42. The fraction of sp³-hybridized carbons (Fsp3) is 0.607. The Hall–Kier alpha value is -3.16. The first kappa shape index (κ1) is 53.2. The maximum atomic E-state index is 7.30. The van der Waals surface area contributed by atoms with E-state index in [4.69, 9.17) is 18.8 Å². The van der Waals surface area contributed by atoms with Gasteiger partial charge in [0.2, 0.25) is 0 Å². The Balaban J connectivity index is 1.71. The van der Waals surface area contributed by atoms with E-state index in [-0.39, 0.29) is 27.9 Å². The summed E-state index contributed by atoms with van der Waals surface area (Å²) in [6, 6.07) is 28.1. The molecule has 0 aromatic heterocycles. The number of ether oxygens (including phenoxy) is 2. The largest absolute Gasteiger partial charge is 0.498 e. The molecule has 2 aliphatic heterocycles. The molecule has 6 heteroatoms. The van der Waals surface area contributed by atoms with Crippen molar-refractivity contribution in [1.82, 2.24) is 0 Å². The molecule has 2 fully saturated rings. The summed E-state index contributed by atoms with van der Waals surface area (Å²) in [5.41, 5.74) is 12.3. The van der Waals surface area contributed by atoms with Crippen molar-refractivity contribution >= 4 is 25.8 Å². The highest BCUT2D eigenvalue weighted by molar-refractivity contribution is 6.90. The van der Waals surface area contributed by atoms with Crippen molar-refractivity contribution in [2.24, 2.45) is 0 Å². The van der Waals surface area contributed by atoms with Crippen molar-refractivity contribution in [3.05, 3.63) is 89.0 Å². The summed E-state index contributed by atoms with van der Waals surface area (Å²) in [4.78, 5) is 0. The Bertz CT molecular complexity index is 2160. The van der Waals surface area contributed by atoms with Gasteiger partial charge in [0.05, 0.1) is 25.9 Å². The van der Waals surface area contributed by atoms with Gasteiger partial charge in [-0.1, -0.05) is 201 Å². The number of hydrogen-bond acceptors (Lipinski definition) is 4. The average molecular weight is 927 g/mol. The molecule has 0 amide bonds. The number of unbranched alkanes of at least 4 members (excludes halogenated alkanes) is 5. The van der Waals surface area contributed by atoms with Crippen LogP contribution in [0.4, 0.5) is 0 Å². The standard InChI is InChI=1S/C61H91BO4Si/c1-20-21-22-23-24-27-30-67(18,19)51-40-52(55(64-54-28-25-26-29-63-54)53(41-51)62-65-60(14,15)61(16,17)66-62)46-32-42(44-34-47(56(2,3)4)38-48(35-44)57(5,6)7)31-43(33-46)45-36-49(58(8,9)10)39-50(37-45)59(11,12)13/h31-41,54H,20-30H2,1-19H3. The Labute approximate surface area is 411 Å². The molecule has 0 N–H and O–H groups in total. The van der Waals surface area contributed by atoms with Crippen LogP contribution in [0.15, 0.2) is 66.7 Å². The van der Waals surface area contributed by atoms with Gasteiger partial charge in [-0.25, -0.2) is 0 Å². The Morgan fingerprint density at radius 3 is 1.42 bits per heavy atom. The molecule has 6 rings (SSSR count). The predicted molar refractivity (Wildman–Crippen MR) is 293 cm³/mol. The van der Waals surface area contributed by atoms with Crippen LogP contribution in [0.2, 0.25) is 19.1 Å². The van der Waals surface area contributed by atoms with E-state index in [0.717, 1.165) is 41.6 Å². The molecule has 4 aromatic carbocycles. The van der Waals surface area contributed by atoms with Crippen LogP contribution in [0.3, 0.4) is 0 Å². The lowest BCUT2D eigenvalue weighted by atomic mass is 9.76. The average Bonchev–Trinajstić information content (AvgIpc) is 3.45. The number of hydrogen-bond donors (Lipinski definition) is 0. The smallest absolute Gasteiger partial charge is 0.465 e. The van der Waals surface area contributed by atoms with Crippen molar-refractivity contribution in [1.29, 1.82) is 0 Å². The fourth-order valence-electron chi connectivity index (χ4n) is 9.40. The third-order valence-corrected chi connectivity index (χ3v) is 18.6. The van der Waals surface area contributed by atoms with Gasteiger partial charge in [-0.05, 0) is 130 Å². The highest BCUT2D eigenvalue weighted by Crippen LogP contribution is 2.44. The van der Waals surface area contributed by atoms with Crippen LogP contribution in [0.25, 0.3) is 33.4 Å². The lowest BCUT2D eigenvalue weighted by Gasteiger charge is -2.32. The van der Waals surface area contributed by atoms with E-state index in [0.29, 0.717) is 6.61 Å². The van der Waals surface area contributed by atoms with Gasteiger partial charge in [0.25, 0.3) is 0 Å². The predicted octanol–water partition coefficient (Wildman–Crippen LogP) is 16.4. The summed E-state index contributed by atoms with van der Waals surface area (Å²) >= 11 is 0. The van der Waals surface area contributed by atoms with Gasteiger partial charge in [-0.2, -0.15) is 0 Å². The monoisotopic (exact) mass is 927 g/mol. The van der Waals surface area contributed by atoms with Gasteiger partial charge in [-0.15, -0.1) is 0 Å². The van der Waals surface area contributed by atoms with Gasteiger partial charge in [0.1, 0.15) is 5.75 Å². The van der Waals surface area contributed by atoms with Crippen molar-refractivity contribution in [2.45, 2.75) is 234 Å². The van der Waals surface area contributed by atoms with Gasteiger partial charge in [0, 0.05) is 17.4 Å². The van der Waals surface area contributed by atoms with Gasteiger partial charge in [0.15, 0.2) is 6.29 Å². The maximum absolute atomic E-state index is 7.30. The molecule has 0 radical (unpaired) electrons. The molecule has 0 bridgehead atoms. The minimum Gasteiger partial charge on any atom is -0.465 e. The first-order valence-electron chi connectivity index (χ1n) is 26.2. The summed E-state index contributed by atoms with van der Waals surface area (Å²) in [7, 11) is -2.61. The van der Waals surface area contributed by atoms with E-state index in [2.05, 4.69) is 198 Å². The summed E-state index contributed by atoms with van der Waals surface area (Å²) in [6.07, 6.45) is 10.4. The minimum absolute atomic E-state index is 0.0294. The molecule has 0 spiro atoms. The zero-order chi connectivity index (χ0) is 49.5. The van der Waals surface area contributed by atoms with E-state index in [9.17, 15) is 0 Å². The Morgan fingerprint density at radius 2 is 0.985 bits per heavy atom. The van der Waals surface area contributed by atoms with Gasteiger partial charge >= 0.3 is 7.12 Å². The van der Waals surface area contributed by atoms with E-state index in [1.807, 2.05) is 0 Å². The lowest BCUT2D eigenvalue weighted by Crippen LogP contribution is -2.46. The number of rotatable bonds is 14. The van der Waals surface area contributed by atoms with E-state index >= 15 is 0 Å². The van der Waals surface area contributed by atoms with Crippen molar-refractivity contribution in [3.8, 4) is 39.1 Å². The second-order valence-electron chi connectivity index (χ2n) is 26.2. The summed E-state index contributed by atoms with van der Waals surface area (Å²) < 4.78 is 27.8. The minimum atomic E-state index is -2.01. The topological polar surface area (TPSA) is 36.9 Å². The molecule has 2 heterocycles. The van der Waals surface area contributed by atoms with Crippen molar-refractivity contribution < 1.29 is 18.8 Å². The second-order valence-corrected chi connectivity index (χ2v) is 31.1. The van der Waals surface area contributed by atoms with Gasteiger partial charge in [-0.3, -0.25) is 0 Å². The summed E-state index contributed by atoms with van der Waals surface area (Å²) in [5.74, 6) is 0.819. The maximum Gasteiger partial charge on any atom is 0.498 e. The van der Waals surface area contributed by atoms with Crippen LogP contribution in [-0.2, 0) is 35.7 Å². The Morgan fingerprint density at radius 1 is 0.552 bits per heavy atom. The van der Waals surface area contributed by atoms with Crippen LogP contribution in [-0.4, -0.2) is 39.3 Å². The Kier molecular flexibility index (Phi) is 15.8. The molecule has 4 nitrogen and oxygen atoms in total. The van der Waals surface area contributed by atoms with Crippen LogP contribution >= 0.6 is 0 Å². The molecular formula is C61H91BO4Si. The SMILES string of the molecule is CCCCCCCC[Si](C)(C)c1cc(B2OC(C)(C)C(C)(C)O2)c(OC2CCCCO2)c(-c2cc(-c3cc(C(C)(C)C)cc(C(C)(C)C)c3)cc(-c3cc(C(C)(C)C)cc(C(C)(C)C)c3)c2)c1.